The van der Waals surface area contributed by atoms with E-state index in [9.17, 15) is 9.90 Å². The van der Waals surface area contributed by atoms with Gasteiger partial charge in [0.15, 0.2) is 0 Å². The Morgan fingerprint density at radius 2 is 1.43 bits per heavy atom. The van der Waals surface area contributed by atoms with E-state index in [-0.39, 0.29) is 18.8 Å². The van der Waals surface area contributed by atoms with E-state index in [0.29, 0.717) is 0 Å². The molecule has 2 heterocycles. The highest BCUT2D eigenvalue weighted by atomic mass is 16.6. The number of hydrogen-bond donors (Lipinski definition) is 2. The number of nitrogens with zero attached hydrogens (tertiary/aromatic N) is 2. The van der Waals surface area contributed by atoms with Crippen molar-refractivity contribution in [2.75, 3.05) is 12.3 Å². The van der Waals surface area contributed by atoms with Crippen LogP contribution in [0.3, 0.4) is 0 Å². The van der Waals surface area contributed by atoms with E-state index in [4.69, 9.17) is 15.2 Å². The van der Waals surface area contributed by atoms with E-state index in [0.717, 1.165) is 16.7 Å². The molecule has 0 saturated carbocycles. The maximum atomic E-state index is 12.3. The van der Waals surface area contributed by atoms with Gasteiger partial charge in [-0.1, -0.05) is 91.0 Å². The summed E-state index contributed by atoms with van der Waals surface area (Å²) >= 11 is 0. The van der Waals surface area contributed by atoms with Crippen molar-refractivity contribution < 1.29 is 14.6 Å². The lowest BCUT2D eigenvalue weighted by Gasteiger charge is -2.37. The summed E-state index contributed by atoms with van der Waals surface area (Å²) in [5, 5.41) is 10.8. The highest BCUT2D eigenvalue weighted by molar-refractivity contribution is 5.47. The van der Waals surface area contributed by atoms with Crippen LogP contribution in [-0.4, -0.2) is 33.5 Å². The van der Waals surface area contributed by atoms with Gasteiger partial charge in [-0.25, -0.2) is 4.79 Å². The van der Waals surface area contributed by atoms with Crippen LogP contribution in [0.5, 0.6) is 0 Å². The monoisotopic (exact) mass is 469 g/mol. The summed E-state index contributed by atoms with van der Waals surface area (Å²) in [6.45, 7) is 0.105. The van der Waals surface area contributed by atoms with Crippen LogP contribution in [0.15, 0.2) is 108 Å². The molecule has 0 amide bonds. The van der Waals surface area contributed by atoms with Crippen molar-refractivity contribution in [1.82, 2.24) is 9.55 Å². The molecule has 4 aromatic rings. The van der Waals surface area contributed by atoms with Crippen LogP contribution in [0.25, 0.3) is 0 Å². The molecule has 1 aromatic heterocycles. The van der Waals surface area contributed by atoms with Gasteiger partial charge in [0.05, 0.1) is 12.7 Å². The molecule has 3 N–H and O–H groups in total. The van der Waals surface area contributed by atoms with E-state index in [1.165, 1.54) is 16.8 Å². The average Bonchev–Trinajstić information content (AvgIpc) is 3.26. The molecule has 1 saturated heterocycles. The summed E-state index contributed by atoms with van der Waals surface area (Å²) in [5.74, 6) is 0.142. The second kappa shape index (κ2) is 9.84. The van der Waals surface area contributed by atoms with Gasteiger partial charge in [-0.3, -0.25) is 4.57 Å². The number of aromatic nitrogens is 2. The van der Waals surface area contributed by atoms with E-state index in [2.05, 4.69) is 4.98 Å². The second-order valence-corrected chi connectivity index (χ2v) is 8.56. The Morgan fingerprint density at radius 1 is 0.914 bits per heavy atom. The molecule has 5 rings (SSSR count). The van der Waals surface area contributed by atoms with Gasteiger partial charge in [0.25, 0.3) is 0 Å². The zero-order valence-electron chi connectivity index (χ0n) is 19.1. The largest absolute Gasteiger partial charge is 0.390 e. The van der Waals surface area contributed by atoms with Crippen LogP contribution in [0.4, 0.5) is 5.82 Å². The van der Waals surface area contributed by atoms with Crippen LogP contribution in [0.1, 0.15) is 29.3 Å². The predicted octanol–water partition coefficient (Wildman–Crippen LogP) is 3.48. The molecule has 0 radical (unpaired) electrons. The predicted molar refractivity (Wildman–Crippen MR) is 133 cm³/mol. The van der Waals surface area contributed by atoms with Gasteiger partial charge < -0.3 is 20.3 Å². The molecule has 3 atom stereocenters. The second-order valence-electron chi connectivity index (χ2n) is 8.56. The number of benzene rings is 3. The van der Waals surface area contributed by atoms with E-state index < -0.39 is 29.7 Å². The Balaban J connectivity index is 1.50. The highest BCUT2D eigenvalue weighted by Crippen LogP contribution is 2.41. The van der Waals surface area contributed by atoms with Gasteiger partial charge in [-0.05, 0) is 22.8 Å². The first-order valence-electron chi connectivity index (χ1n) is 11.6. The zero-order valence-corrected chi connectivity index (χ0v) is 19.1. The molecule has 3 aromatic carbocycles. The molecule has 178 valence electrons. The van der Waals surface area contributed by atoms with E-state index >= 15 is 0 Å². The Kier molecular flexibility index (Phi) is 6.46. The van der Waals surface area contributed by atoms with Crippen LogP contribution in [0, 0.1) is 0 Å². The summed E-state index contributed by atoms with van der Waals surface area (Å²) in [6, 6.07) is 31.6. The van der Waals surface area contributed by atoms with Crippen LogP contribution < -0.4 is 11.4 Å². The zero-order chi connectivity index (χ0) is 24.3. The molecular formula is C28H27N3O4. The van der Waals surface area contributed by atoms with Gasteiger partial charge in [0.2, 0.25) is 0 Å². The summed E-state index contributed by atoms with van der Waals surface area (Å²) in [7, 11) is 0. The van der Waals surface area contributed by atoms with Gasteiger partial charge in [-0.15, -0.1) is 0 Å². The van der Waals surface area contributed by atoms with Crippen molar-refractivity contribution in [1.29, 1.82) is 0 Å². The third-order valence-corrected chi connectivity index (χ3v) is 6.37. The van der Waals surface area contributed by atoms with E-state index in [1.54, 1.807) is 0 Å². The summed E-state index contributed by atoms with van der Waals surface area (Å²) in [6.07, 6.45) is -0.328. The quantitative estimate of drug-likeness (QED) is 0.402. The van der Waals surface area contributed by atoms with Gasteiger partial charge in [0.1, 0.15) is 23.8 Å². The van der Waals surface area contributed by atoms with Crippen LogP contribution >= 0.6 is 0 Å². The lowest BCUT2D eigenvalue weighted by atomic mass is 9.80. The van der Waals surface area contributed by atoms with Crippen molar-refractivity contribution >= 4 is 5.82 Å². The maximum Gasteiger partial charge on any atom is 0.351 e. The van der Waals surface area contributed by atoms with Crippen molar-refractivity contribution in [3.8, 4) is 0 Å². The fourth-order valence-electron chi connectivity index (χ4n) is 4.66. The number of anilines is 1. The number of hydrogen-bond acceptors (Lipinski definition) is 6. The topological polar surface area (TPSA) is 99.6 Å². The number of nitrogens with two attached hydrogens (primary N) is 1. The molecule has 7 nitrogen and oxygen atoms in total. The van der Waals surface area contributed by atoms with E-state index in [1.807, 2.05) is 91.0 Å². The number of aliphatic hydroxyl groups is 1. The maximum absolute atomic E-state index is 12.3. The molecule has 0 aliphatic carbocycles. The number of ether oxygens (including phenoxy) is 2. The highest BCUT2D eigenvalue weighted by Gasteiger charge is 2.41. The van der Waals surface area contributed by atoms with Crippen molar-refractivity contribution in [3.63, 3.8) is 0 Å². The Hall–Kier alpha value is -3.78. The van der Waals surface area contributed by atoms with Gasteiger partial charge in [-0.2, -0.15) is 4.98 Å². The molecule has 7 heteroatoms. The van der Waals surface area contributed by atoms with Crippen LogP contribution in [-0.2, 0) is 15.1 Å². The average molecular weight is 470 g/mol. The molecule has 1 aliphatic heterocycles. The molecular weight excluding hydrogens is 442 g/mol. The number of aliphatic hydroxyl groups excluding tert-OH is 1. The van der Waals surface area contributed by atoms with Crippen molar-refractivity contribution in [2.24, 2.45) is 0 Å². The lowest BCUT2D eigenvalue weighted by Crippen LogP contribution is -2.38. The molecule has 0 bridgehead atoms. The van der Waals surface area contributed by atoms with Gasteiger partial charge in [0, 0.05) is 12.6 Å². The summed E-state index contributed by atoms with van der Waals surface area (Å²) in [4.78, 5) is 16.1. The summed E-state index contributed by atoms with van der Waals surface area (Å²) < 4.78 is 14.2. The molecule has 35 heavy (non-hydrogen) atoms. The molecule has 0 unspecified atom stereocenters. The Bertz CT molecular complexity index is 1220. The first-order valence-corrected chi connectivity index (χ1v) is 11.6. The third-order valence-electron chi connectivity index (χ3n) is 6.37. The fraction of sp³-hybridized carbons (Fsp3) is 0.214. The minimum Gasteiger partial charge on any atom is -0.390 e. The standard InChI is InChI=1S/C28H27N3O4/c29-25-16-17-31(27(33)30-25)26-18-23(32)24(35-26)19-34-28(20-10-4-1-5-11-20,21-12-6-2-7-13-21)22-14-8-3-9-15-22/h1-17,23-24,26,32H,18-19H2,(H2,29,30,33)/t23-,24-,26-/m1/s1. The molecule has 1 fully saturated rings. The smallest absolute Gasteiger partial charge is 0.351 e. The Morgan fingerprint density at radius 3 is 1.91 bits per heavy atom. The Labute approximate surface area is 203 Å². The number of nitrogen functional groups attached to an aromatic ring is 1. The minimum absolute atomic E-state index is 0.105. The lowest BCUT2D eigenvalue weighted by molar-refractivity contribution is -0.0943. The minimum atomic E-state index is -0.926. The van der Waals surface area contributed by atoms with Crippen LogP contribution in [0.2, 0.25) is 0 Å². The normalized spacial score (nSPS) is 20.1. The molecule has 1 aliphatic rings. The first kappa shape index (κ1) is 23.0. The molecule has 0 spiro atoms. The number of rotatable bonds is 7. The SMILES string of the molecule is Nc1ccn([C@H]2C[C@@H](O)[C@@H](COC(c3ccccc3)(c3ccccc3)c3ccccc3)O2)c(=O)n1. The summed E-state index contributed by atoms with van der Waals surface area (Å²) in [5.41, 5.74) is 7.04. The van der Waals surface area contributed by atoms with Gasteiger partial charge >= 0.3 is 5.69 Å². The van der Waals surface area contributed by atoms with Crippen molar-refractivity contribution in [3.05, 3.63) is 130 Å². The first-order chi connectivity index (χ1) is 17.1. The fourth-order valence-corrected chi connectivity index (χ4v) is 4.66. The third kappa shape index (κ3) is 4.49. The van der Waals surface area contributed by atoms with Crippen molar-refractivity contribution in [2.45, 2.75) is 30.5 Å².